The third kappa shape index (κ3) is 4.29. The van der Waals surface area contributed by atoms with E-state index >= 15 is 0 Å². The number of nitrogens with zero attached hydrogens (tertiary/aromatic N) is 4. The highest BCUT2D eigenvalue weighted by Crippen LogP contribution is 2.28. The van der Waals surface area contributed by atoms with E-state index in [-0.39, 0.29) is 11.7 Å². The molecule has 2 heterocycles. The van der Waals surface area contributed by atoms with Gasteiger partial charge in [-0.25, -0.2) is 4.39 Å². The number of benzene rings is 1. The molecular weight excluding hydrogens is 321 g/mol. The van der Waals surface area contributed by atoms with Crippen molar-refractivity contribution in [3.05, 3.63) is 42.0 Å². The van der Waals surface area contributed by atoms with Crippen molar-refractivity contribution in [1.29, 1.82) is 0 Å². The number of aryl methyl sites for hydroxylation is 1. The highest BCUT2D eigenvalue weighted by Gasteiger charge is 2.19. The van der Waals surface area contributed by atoms with Crippen LogP contribution in [0.4, 0.5) is 15.8 Å². The summed E-state index contributed by atoms with van der Waals surface area (Å²) in [5.41, 5.74) is 2.77. The van der Waals surface area contributed by atoms with E-state index in [0.717, 1.165) is 43.0 Å². The number of carbonyl (C=O) groups excluding carboxylic acids is 1. The molecule has 1 fully saturated rings. The van der Waals surface area contributed by atoms with Gasteiger partial charge in [-0.3, -0.25) is 9.48 Å². The lowest BCUT2D eigenvalue weighted by Gasteiger charge is -2.26. The highest BCUT2D eigenvalue weighted by atomic mass is 19.1. The first kappa shape index (κ1) is 17.3. The van der Waals surface area contributed by atoms with Crippen molar-refractivity contribution < 1.29 is 9.18 Å². The lowest BCUT2D eigenvalue weighted by molar-refractivity contribution is -0.128. The molecule has 0 unspecified atom stereocenters. The van der Waals surface area contributed by atoms with Crippen LogP contribution in [0.5, 0.6) is 0 Å². The first-order valence-corrected chi connectivity index (χ1v) is 8.54. The third-order valence-corrected chi connectivity index (χ3v) is 4.48. The maximum Gasteiger partial charge on any atom is 0.219 e. The molecule has 1 N–H and O–H groups in total. The van der Waals surface area contributed by atoms with E-state index in [0.29, 0.717) is 13.1 Å². The molecule has 1 saturated heterocycles. The molecular formula is C18H24FN5O. The van der Waals surface area contributed by atoms with Gasteiger partial charge in [-0.05, 0) is 24.6 Å². The summed E-state index contributed by atoms with van der Waals surface area (Å²) in [5, 5.41) is 7.47. The fourth-order valence-corrected chi connectivity index (χ4v) is 3.16. The number of carbonyl (C=O) groups is 1. The Morgan fingerprint density at radius 1 is 1.28 bits per heavy atom. The van der Waals surface area contributed by atoms with Crippen LogP contribution >= 0.6 is 0 Å². The van der Waals surface area contributed by atoms with Gasteiger partial charge in [-0.15, -0.1) is 0 Å². The van der Waals surface area contributed by atoms with E-state index in [1.807, 2.05) is 24.2 Å². The largest absolute Gasteiger partial charge is 0.379 e. The van der Waals surface area contributed by atoms with Crippen LogP contribution in [-0.2, 0) is 18.4 Å². The molecule has 25 heavy (non-hydrogen) atoms. The van der Waals surface area contributed by atoms with Gasteiger partial charge in [0.05, 0.1) is 17.6 Å². The third-order valence-electron chi connectivity index (χ3n) is 4.48. The van der Waals surface area contributed by atoms with Gasteiger partial charge in [0.2, 0.25) is 5.91 Å². The van der Waals surface area contributed by atoms with Crippen LogP contribution in [0, 0.1) is 5.82 Å². The molecule has 2 aromatic rings. The molecule has 0 atom stereocenters. The molecule has 1 aliphatic heterocycles. The van der Waals surface area contributed by atoms with Crippen LogP contribution in [0.3, 0.4) is 0 Å². The Morgan fingerprint density at radius 2 is 2.12 bits per heavy atom. The summed E-state index contributed by atoms with van der Waals surface area (Å²) in [5.74, 6) is -0.159. The second-order valence-corrected chi connectivity index (χ2v) is 6.38. The minimum Gasteiger partial charge on any atom is -0.379 e. The van der Waals surface area contributed by atoms with E-state index in [1.165, 1.54) is 12.1 Å². The molecule has 1 aromatic carbocycles. The van der Waals surface area contributed by atoms with Gasteiger partial charge >= 0.3 is 0 Å². The predicted molar refractivity (Wildman–Crippen MR) is 96.0 cm³/mol. The van der Waals surface area contributed by atoms with Gasteiger partial charge in [0, 0.05) is 58.5 Å². The van der Waals surface area contributed by atoms with Crippen LogP contribution in [0.15, 0.2) is 30.6 Å². The Balaban J connectivity index is 1.75. The quantitative estimate of drug-likeness (QED) is 0.923. The standard InChI is InChI=1S/C18H24FN5O/c1-14(25)23-6-3-7-24(9-8-23)18-5-4-16(19)10-17(18)20-11-15-12-21-22(2)13-15/h4-5,10,12-13,20H,3,6-9,11H2,1-2H3. The summed E-state index contributed by atoms with van der Waals surface area (Å²) in [7, 11) is 1.87. The number of amides is 1. The monoisotopic (exact) mass is 345 g/mol. The van der Waals surface area contributed by atoms with E-state index in [4.69, 9.17) is 0 Å². The number of halogens is 1. The van der Waals surface area contributed by atoms with E-state index < -0.39 is 0 Å². The van der Waals surface area contributed by atoms with Crippen molar-refractivity contribution in [3.8, 4) is 0 Å². The van der Waals surface area contributed by atoms with Crippen LogP contribution in [0.2, 0.25) is 0 Å². The Morgan fingerprint density at radius 3 is 2.84 bits per heavy atom. The van der Waals surface area contributed by atoms with Gasteiger partial charge in [0.25, 0.3) is 0 Å². The molecule has 1 aliphatic rings. The van der Waals surface area contributed by atoms with Gasteiger partial charge in [0.1, 0.15) is 5.82 Å². The molecule has 6 nitrogen and oxygen atoms in total. The van der Waals surface area contributed by atoms with Crippen molar-refractivity contribution in [2.45, 2.75) is 19.9 Å². The summed E-state index contributed by atoms with van der Waals surface area (Å²) in [6.45, 7) is 5.23. The molecule has 0 aliphatic carbocycles. The topological polar surface area (TPSA) is 53.4 Å². The van der Waals surface area contributed by atoms with Crippen LogP contribution in [0.1, 0.15) is 18.9 Å². The van der Waals surface area contributed by atoms with Gasteiger partial charge in [-0.2, -0.15) is 5.10 Å². The maximum absolute atomic E-state index is 13.8. The zero-order valence-electron chi connectivity index (χ0n) is 14.7. The number of anilines is 2. The van der Waals surface area contributed by atoms with Crippen molar-refractivity contribution in [1.82, 2.24) is 14.7 Å². The van der Waals surface area contributed by atoms with Crippen LogP contribution in [0.25, 0.3) is 0 Å². The zero-order valence-corrected chi connectivity index (χ0v) is 14.7. The fourth-order valence-electron chi connectivity index (χ4n) is 3.16. The number of rotatable bonds is 4. The van der Waals surface area contributed by atoms with Crippen molar-refractivity contribution in [3.63, 3.8) is 0 Å². The first-order valence-electron chi connectivity index (χ1n) is 8.54. The minimum absolute atomic E-state index is 0.107. The average Bonchev–Trinajstić information content (AvgIpc) is 2.84. The Labute approximate surface area is 147 Å². The summed E-state index contributed by atoms with van der Waals surface area (Å²) in [6.07, 6.45) is 4.63. The van der Waals surface area contributed by atoms with Gasteiger partial charge in [-0.1, -0.05) is 0 Å². The lowest BCUT2D eigenvalue weighted by atomic mass is 10.2. The Kier molecular flexibility index (Phi) is 5.21. The number of hydrogen-bond acceptors (Lipinski definition) is 4. The molecule has 0 spiro atoms. The Hall–Kier alpha value is -2.57. The molecule has 1 amide bonds. The minimum atomic E-state index is -0.266. The fraction of sp³-hybridized carbons (Fsp3) is 0.444. The molecule has 0 bridgehead atoms. The van der Waals surface area contributed by atoms with Crippen molar-refractivity contribution in [2.24, 2.45) is 7.05 Å². The maximum atomic E-state index is 13.8. The SMILES string of the molecule is CC(=O)N1CCCN(c2ccc(F)cc2NCc2cnn(C)c2)CC1. The Bertz CT molecular complexity index is 745. The summed E-state index contributed by atoms with van der Waals surface area (Å²) >= 11 is 0. The van der Waals surface area contributed by atoms with Crippen molar-refractivity contribution >= 4 is 17.3 Å². The average molecular weight is 345 g/mol. The van der Waals surface area contributed by atoms with E-state index in [9.17, 15) is 9.18 Å². The van der Waals surface area contributed by atoms with Gasteiger partial charge < -0.3 is 15.1 Å². The molecule has 7 heteroatoms. The number of nitrogens with one attached hydrogen (secondary N) is 1. The second-order valence-electron chi connectivity index (χ2n) is 6.38. The number of hydrogen-bond donors (Lipinski definition) is 1. The first-order chi connectivity index (χ1) is 12.0. The highest BCUT2D eigenvalue weighted by molar-refractivity contribution is 5.74. The van der Waals surface area contributed by atoms with Gasteiger partial charge in [0.15, 0.2) is 0 Å². The second kappa shape index (κ2) is 7.55. The molecule has 1 aromatic heterocycles. The zero-order chi connectivity index (χ0) is 17.8. The van der Waals surface area contributed by atoms with E-state index in [2.05, 4.69) is 15.3 Å². The summed E-state index contributed by atoms with van der Waals surface area (Å²) in [6, 6.07) is 4.82. The van der Waals surface area contributed by atoms with Crippen LogP contribution < -0.4 is 10.2 Å². The number of aromatic nitrogens is 2. The smallest absolute Gasteiger partial charge is 0.219 e. The normalized spacial score (nSPS) is 15.2. The molecule has 0 saturated carbocycles. The summed E-state index contributed by atoms with van der Waals surface area (Å²) < 4.78 is 15.5. The summed E-state index contributed by atoms with van der Waals surface area (Å²) in [4.78, 5) is 15.7. The molecule has 0 radical (unpaired) electrons. The molecule has 134 valence electrons. The van der Waals surface area contributed by atoms with E-state index in [1.54, 1.807) is 17.8 Å². The van der Waals surface area contributed by atoms with Crippen LogP contribution in [-0.4, -0.2) is 46.8 Å². The lowest BCUT2D eigenvalue weighted by Crippen LogP contribution is -2.33. The predicted octanol–water partition coefficient (Wildman–Crippen LogP) is 2.23. The van der Waals surface area contributed by atoms with Crippen molar-refractivity contribution in [2.75, 3.05) is 36.4 Å². The molecule has 3 rings (SSSR count).